The first kappa shape index (κ1) is 12.1. The highest BCUT2D eigenvalue weighted by atomic mass is 32.2. The fourth-order valence-corrected chi connectivity index (χ4v) is 2.69. The summed E-state index contributed by atoms with van der Waals surface area (Å²) in [5, 5.41) is 0. The second-order valence-electron chi connectivity index (χ2n) is 5.17. The lowest BCUT2D eigenvalue weighted by molar-refractivity contribution is 0.878. The van der Waals surface area contributed by atoms with E-state index in [9.17, 15) is 0 Å². The summed E-state index contributed by atoms with van der Waals surface area (Å²) in [6.07, 6.45) is -0.185. The predicted octanol–water partition coefficient (Wildman–Crippen LogP) is 5.62. The van der Waals surface area contributed by atoms with Crippen LogP contribution in [0.25, 0.3) is 0 Å². The van der Waals surface area contributed by atoms with Crippen molar-refractivity contribution in [2.75, 3.05) is 6.18 Å². The van der Waals surface area contributed by atoms with Crippen molar-refractivity contribution >= 4 is 18.0 Å². The zero-order chi connectivity index (χ0) is 18.4. The molecule has 0 bridgehead atoms. The van der Waals surface area contributed by atoms with Crippen molar-refractivity contribution in [3.63, 3.8) is 0 Å². The molecule has 0 heterocycles. The number of rotatable bonds is 5. The summed E-state index contributed by atoms with van der Waals surface area (Å²) in [7, 11) is 0. The monoisotopic (exact) mass is 320 g/mol. The van der Waals surface area contributed by atoms with E-state index in [4.69, 9.17) is 9.10 Å². The SMILES string of the molecule is [2H]C([2H])([2H])Sc1ccc(C=NC(c2ccccc2)c2ccccc2)cc1. The fourth-order valence-electron chi connectivity index (χ4n) is 2.42. The fraction of sp³-hybridized carbons (Fsp3) is 0.0952. The second kappa shape index (κ2) is 7.80. The molecule has 2 heteroatoms. The Morgan fingerprint density at radius 2 is 1.39 bits per heavy atom. The van der Waals surface area contributed by atoms with E-state index in [1.165, 1.54) is 0 Å². The van der Waals surface area contributed by atoms with Gasteiger partial charge >= 0.3 is 0 Å². The van der Waals surface area contributed by atoms with Gasteiger partial charge in [0.1, 0.15) is 0 Å². The Morgan fingerprint density at radius 3 is 1.91 bits per heavy atom. The van der Waals surface area contributed by atoms with Gasteiger partial charge in [-0.2, -0.15) is 0 Å². The van der Waals surface area contributed by atoms with E-state index in [1.807, 2.05) is 66.9 Å². The molecule has 0 unspecified atom stereocenters. The molecular weight excluding hydrogens is 298 g/mol. The summed E-state index contributed by atoms with van der Waals surface area (Å²) < 4.78 is 22.0. The number of benzene rings is 3. The normalized spacial score (nSPS) is 13.7. The molecule has 0 spiro atoms. The van der Waals surface area contributed by atoms with Crippen LogP contribution in [0.15, 0.2) is 94.8 Å². The van der Waals surface area contributed by atoms with Gasteiger partial charge in [0.05, 0.1) is 6.04 Å². The second-order valence-corrected chi connectivity index (χ2v) is 5.85. The van der Waals surface area contributed by atoms with Crippen molar-refractivity contribution in [1.29, 1.82) is 0 Å². The Balaban J connectivity index is 1.83. The van der Waals surface area contributed by atoms with Crippen molar-refractivity contribution in [2.24, 2.45) is 4.99 Å². The van der Waals surface area contributed by atoms with E-state index in [-0.39, 0.29) is 6.04 Å². The topological polar surface area (TPSA) is 12.4 Å². The zero-order valence-corrected chi connectivity index (χ0v) is 13.4. The first-order valence-electron chi connectivity index (χ1n) is 8.93. The average Bonchev–Trinajstić information content (AvgIpc) is 2.64. The molecule has 0 N–H and O–H groups in total. The molecule has 0 aliphatic carbocycles. The van der Waals surface area contributed by atoms with Gasteiger partial charge in [0.25, 0.3) is 0 Å². The van der Waals surface area contributed by atoms with Crippen LogP contribution in [0.4, 0.5) is 0 Å². The largest absolute Gasteiger partial charge is 0.280 e. The number of nitrogens with zero attached hydrogens (tertiary/aromatic N) is 1. The van der Waals surface area contributed by atoms with Crippen LogP contribution < -0.4 is 0 Å². The van der Waals surface area contributed by atoms with Crippen LogP contribution in [-0.4, -0.2) is 12.4 Å². The number of aliphatic imine (C=N–C) groups is 1. The van der Waals surface area contributed by atoms with Gasteiger partial charge in [0.2, 0.25) is 0 Å². The van der Waals surface area contributed by atoms with Crippen molar-refractivity contribution < 1.29 is 4.11 Å². The molecule has 0 atom stereocenters. The Bertz CT molecular complexity index is 804. The lowest BCUT2D eigenvalue weighted by atomic mass is 9.99. The van der Waals surface area contributed by atoms with Gasteiger partial charge in [0.15, 0.2) is 0 Å². The van der Waals surface area contributed by atoms with Crippen molar-refractivity contribution in [2.45, 2.75) is 10.9 Å². The third-order valence-electron chi connectivity index (χ3n) is 3.60. The van der Waals surface area contributed by atoms with Gasteiger partial charge in [-0.15, -0.1) is 11.8 Å². The Labute approximate surface area is 146 Å². The van der Waals surface area contributed by atoms with Crippen LogP contribution in [0.5, 0.6) is 0 Å². The summed E-state index contributed by atoms with van der Waals surface area (Å²) in [6, 6.07) is 27.7. The highest BCUT2D eigenvalue weighted by Crippen LogP contribution is 2.25. The van der Waals surface area contributed by atoms with E-state index >= 15 is 0 Å². The highest BCUT2D eigenvalue weighted by molar-refractivity contribution is 7.98. The Hall–Kier alpha value is -2.32. The van der Waals surface area contributed by atoms with E-state index in [2.05, 4.69) is 24.3 Å². The molecule has 1 nitrogen and oxygen atoms in total. The van der Waals surface area contributed by atoms with Crippen molar-refractivity contribution in [1.82, 2.24) is 0 Å². The lowest BCUT2D eigenvalue weighted by Gasteiger charge is -2.13. The maximum Gasteiger partial charge on any atom is 0.0999 e. The van der Waals surface area contributed by atoms with Gasteiger partial charge < -0.3 is 0 Å². The van der Waals surface area contributed by atoms with Gasteiger partial charge in [-0.1, -0.05) is 72.8 Å². The summed E-state index contributed by atoms with van der Waals surface area (Å²) in [4.78, 5) is 5.52. The molecule has 0 radical (unpaired) electrons. The quantitative estimate of drug-likeness (QED) is 0.439. The van der Waals surface area contributed by atoms with Crippen LogP contribution in [-0.2, 0) is 0 Å². The molecule has 0 aromatic heterocycles. The van der Waals surface area contributed by atoms with Crippen molar-refractivity contribution in [3.05, 3.63) is 102 Å². The lowest BCUT2D eigenvalue weighted by Crippen LogP contribution is -1.98. The molecule has 0 aliphatic rings. The summed E-state index contributed by atoms with van der Waals surface area (Å²) in [5.74, 6) is 0. The standard InChI is InChI=1S/C21H19NS/c1-23-20-14-12-17(13-15-20)16-22-21(18-8-4-2-5-9-18)19-10-6-3-7-11-19/h2-16,21H,1H3/i1D3. The van der Waals surface area contributed by atoms with Crippen molar-refractivity contribution in [3.8, 4) is 0 Å². The number of hydrogen-bond acceptors (Lipinski definition) is 2. The molecule has 3 rings (SSSR count). The molecule has 3 aromatic carbocycles. The Morgan fingerprint density at radius 1 is 0.826 bits per heavy atom. The van der Waals surface area contributed by atoms with E-state index in [1.54, 1.807) is 0 Å². The molecular formula is C21H19NS. The van der Waals surface area contributed by atoms with Crippen LogP contribution >= 0.6 is 11.8 Å². The Kier molecular flexibility index (Phi) is 4.12. The summed E-state index contributed by atoms with van der Waals surface area (Å²) >= 11 is 0.883. The van der Waals surface area contributed by atoms with E-state index in [0.717, 1.165) is 33.3 Å². The first-order valence-corrected chi connectivity index (χ1v) is 8.25. The molecule has 114 valence electrons. The van der Waals surface area contributed by atoms with Crippen LogP contribution in [0.1, 0.15) is 26.8 Å². The van der Waals surface area contributed by atoms with Crippen LogP contribution in [0.2, 0.25) is 0 Å². The smallest absolute Gasteiger partial charge is 0.0999 e. The minimum absolute atomic E-state index is 0.0752. The molecule has 0 aliphatic heterocycles. The third-order valence-corrected chi connectivity index (χ3v) is 4.11. The molecule has 0 fully saturated rings. The third kappa shape index (κ3) is 4.11. The van der Waals surface area contributed by atoms with Gasteiger partial charge in [-0.3, -0.25) is 4.99 Å². The summed E-state index contributed by atoms with van der Waals surface area (Å²) in [5.41, 5.74) is 3.20. The number of hydrogen-bond donors (Lipinski definition) is 0. The molecule has 0 saturated carbocycles. The minimum Gasteiger partial charge on any atom is -0.280 e. The number of thioether (sulfide) groups is 1. The van der Waals surface area contributed by atoms with Crippen LogP contribution in [0.3, 0.4) is 0 Å². The molecule has 3 aromatic rings. The first-order chi connectivity index (χ1) is 12.5. The maximum atomic E-state index is 7.32. The molecule has 23 heavy (non-hydrogen) atoms. The van der Waals surface area contributed by atoms with E-state index in [0.29, 0.717) is 0 Å². The minimum atomic E-state index is -2.03. The highest BCUT2D eigenvalue weighted by Gasteiger charge is 2.11. The molecule has 0 saturated heterocycles. The maximum absolute atomic E-state index is 7.32. The zero-order valence-electron chi connectivity index (χ0n) is 15.6. The predicted molar refractivity (Wildman–Crippen MR) is 101 cm³/mol. The van der Waals surface area contributed by atoms with Gasteiger partial charge in [-0.05, 0) is 35.0 Å². The average molecular weight is 320 g/mol. The van der Waals surface area contributed by atoms with Gasteiger partial charge in [-0.25, -0.2) is 0 Å². The molecule has 0 amide bonds. The van der Waals surface area contributed by atoms with Gasteiger partial charge in [0, 0.05) is 15.2 Å². The van der Waals surface area contributed by atoms with Crippen LogP contribution in [0, 0.1) is 0 Å². The summed E-state index contributed by atoms with van der Waals surface area (Å²) in [6.45, 7) is 0. The van der Waals surface area contributed by atoms with E-state index < -0.39 is 6.18 Å².